The van der Waals surface area contributed by atoms with Crippen LogP contribution in [0.25, 0.3) is 0 Å². The molecule has 0 saturated heterocycles. The molecule has 7 nitrogen and oxygen atoms in total. The summed E-state index contributed by atoms with van der Waals surface area (Å²) < 4.78 is 5.29. The van der Waals surface area contributed by atoms with Crippen molar-refractivity contribution in [1.29, 1.82) is 0 Å². The van der Waals surface area contributed by atoms with E-state index in [1.54, 1.807) is 11.3 Å². The maximum Gasteiger partial charge on any atom is 0.323 e. The summed E-state index contributed by atoms with van der Waals surface area (Å²) in [5, 5.41) is 3.22. The predicted octanol–water partition coefficient (Wildman–Crippen LogP) is 2.10. The van der Waals surface area contributed by atoms with Gasteiger partial charge < -0.3 is 10.1 Å². The van der Waals surface area contributed by atoms with Crippen LogP contribution in [0.3, 0.4) is 0 Å². The highest BCUT2D eigenvalue weighted by atomic mass is 32.1. The van der Waals surface area contributed by atoms with Crippen molar-refractivity contribution in [2.24, 2.45) is 5.84 Å². The van der Waals surface area contributed by atoms with Crippen molar-refractivity contribution in [3.8, 4) is 6.01 Å². The Balaban J connectivity index is 2.17. The van der Waals surface area contributed by atoms with Gasteiger partial charge in [0, 0.05) is 9.75 Å². The maximum atomic E-state index is 5.34. The molecule has 8 heteroatoms. The molecule has 2 aromatic heterocycles. The van der Waals surface area contributed by atoms with Crippen molar-refractivity contribution in [3.05, 3.63) is 21.9 Å². The van der Waals surface area contributed by atoms with Crippen molar-refractivity contribution in [2.75, 3.05) is 17.3 Å². The molecular weight excluding hydrogens is 276 g/mol. The molecule has 20 heavy (non-hydrogen) atoms. The average molecular weight is 294 g/mol. The summed E-state index contributed by atoms with van der Waals surface area (Å²) >= 11 is 1.73. The quantitative estimate of drug-likeness (QED) is 0.554. The molecule has 1 unspecified atom stereocenters. The highest BCUT2D eigenvalue weighted by Gasteiger charge is 2.12. The summed E-state index contributed by atoms with van der Waals surface area (Å²) in [7, 11) is 0. The van der Waals surface area contributed by atoms with E-state index in [0.29, 0.717) is 12.6 Å². The van der Waals surface area contributed by atoms with Gasteiger partial charge in [0.15, 0.2) is 0 Å². The summed E-state index contributed by atoms with van der Waals surface area (Å²) in [5.41, 5.74) is 2.40. The van der Waals surface area contributed by atoms with E-state index in [0.717, 1.165) is 0 Å². The first-order chi connectivity index (χ1) is 9.62. The van der Waals surface area contributed by atoms with Gasteiger partial charge in [0.1, 0.15) is 0 Å². The monoisotopic (exact) mass is 294 g/mol. The first-order valence-electron chi connectivity index (χ1n) is 6.30. The number of hydrogen-bond donors (Lipinski definition) is 3. The normalized spacial score (nSPS) is 12.0. The lowest BCUT2D eigenvalue weighted by molar-refractivity contribution is 0.312. The van der Waals surface area contributed by atoms with E-state index in [1.165, 1.54) is 9.75 Å². The largest absolute Gasteiger partial charge is 0.464 e. The Morgan fingerprint density at radius 3 is 2.65 bits per heavy atom. The second kappa shape index (κ2) is 6.49. The minimum atomic E-state index is 0.0937. The Labute approximate surface area is 121 Å². The van der Waals surface area contributed by atoms with Crippen LogP contribution in [-0.2, 0) is 0 Å². The lowest BCUT2D eigenvalue weighted by atomic mass is 10.3. The van der Waals surface area contributed by atoms with Gasteiger partial charge >= 0.3 is 6.01 Å². The fourth-order valence-electron chi connectivity index (χ4n) is 1.63. The summed E-state index contributed by atoms with van der Waals surface area (Å²) in [6, 6.07) is 4.51. The number of aryl methyl sites for hydroxylation is 1. The van der Waals surface area contributed by atoms with Crippen LogP contribution in [0.15, 0.2) is 12.1 Å². The minimum absolute atomic E-state index is 0.0937. The summed E-state index contributed by atoms with van der Waals surface area (Å²) in [4.78, 5) is 14.8. The second-order valence-electron chi connectivity index (χ2n) is 4.16. The van der Waals surface area contributed by atoms with Gasteiger partial charge in [-0.15, -0.1) is 11.3 Å². The highest BCUT2D eigenvalue weighted by molar-refractivity contribution is 7.12. The fraction of sp³-hybridized carbons (Fsp3) is 0.417. The van der Waals surface area contributed by atoms with Gasteiger partial charge in [-0.1, -0.05) is 0 Å². The van der Waals surface area contributed by atoms with Crippen LogP contribution < -0.4 is 21.3 Å². The number of aromatic nitrogens is 3. The molecule has 0 amide bonds. The first kappa shape index (κ1) is 14.5. The number of nitrogens with one attached hydrogen (secondary N) is 2. The molecule has 0 aliphatic rings. The molecule has 0 spiro atoms. The number of nitrogens with two attached hydrogens (primary N) is 1. The van der Waals surface area contributed by atoms with E-state index in [1.807, 2.05) is 13.8 Å². The number of nitrogens with zero attached hydrogens (tertiary/aromatic N) is 3. The summed E-state index contributed by atoms with van der Waals surface area (Å²) in [5.74, 6) is 6.04. The van der Waals surface area contributed by atoms with Crippen LogP contribution in [0.4, 0.5) is 11.9 Å². The molecule has 0 aliphatic carbocycles. The molecule has 4 N–H and O–H groups in total. The lowest BCUT2D eigenvalue weighted by Crippen LogP contribution is -2.15. The van der Waals surface area contributed by atoms with E-state index in [-0.39, 0.29) is 18.0 Å². The number of thiophene rings is 1. The van der Waals surface area contributed by atoms with Crippen molar-refractivity contribution >= 4 is 23.2 Å². The molecular formula is C12H18N6OS. The molecule has 1 atom stereocenters. The van der Waals surface area contributed by atoms with E-state index >= 15 is 0 Å². The smallest absolute Gasteiger partial charge is 0.323 e. The Morgan fingerprint density at radius 1 is 1.30 bits per heavy atom. The average Bonchev–Trinajstić information content (AvgIpc) is 2.85. The fourth-order valence-corrected chi connectivity index (χ4v) is 2.51. The lowest BCUT2D eigenvalue weighted by Gasteiger charge is -2.13. The Bertz CT molecular complexity index is 573. The molecule has 0 bridgehead atoms. The van der Waals surface area contributed by atoms with Gasteiger partial charge in [-0.2, -0.15) is 15.0 Å². The zero-order valence-electron chi connectivity index (χ0n) is 11.7. The van der Waals surface area contributed by atoms with E-state index < -0.39 is 0 Å². The third-order valence-corrected chi connectivity index (χ3v) is 3.73. The summed E-state index contributed by atoms with van der Waals surface area (Å²) in [6.07, 6.45) is 0. The van der Waals surface area contributed by atoms with Gasteiger partial charge in [0.25, 0.3) is 0 Å². The predicted molar refractivity (Wildman–Crippen MR) is 79.9 cm³/mol. The van der Waals surface area contributed by atoms with E-state index in [2.05, 4.69) is 44.8 Å². The van der Waals surface area contributed by atoms with Crippen molar-refractivity contribution in [1.82, 2.24) is 15.0 Å². The second-order valence-corrected chi connectivity index (χ2v) is 5.48. The number of anilines is 2. The summed E-state index contributed by atoms with van der Waals surface area (Å²) in [6.45, 7) is 6.47. The van der Waals surface area contributed by atoms with Gasteiger partial charge in [-0.25, -0.2) is 5.84 Å². The highest BCUT2D eigenvalue weighted by Crippen LogP contribution is 2.25. The van der Waals surface area contributed by atoms with Gasteiger partial charge in [0.05, 0.1) is 12.6 Å². The number of ether oxygens (including phenoxy) is 1. The van der Waals surface area contributed by atoms with Crippen molar-refractivity contribution in [2.45, 2.75) is 26.8 Å². The van der Waals surface area contributed by atoms with E-state index in [9.17, 15) is 0 Å². The molecule has 2 heterocycles. The van der Waals surface area contributed by atoms with Gasteiger partial charge in [0.2, 0.25) is 11.9 Å². The van der Waals surface area contributed by atoms with Crippen LogP contribution in [0.2, 0.25) is 0 Å². The van der Waals surface area contributed by atoms with Crippen LogP contribution in [0, 0.1) is 6.92 Å². The Morgan fingerprint density at radius 2 is 2.05 bits per heavy atom. The third kappa shape index (κ3) is 3.55. The molecule has 0 radical (unpaired) electrons. The van der Waals surface area contributed by atoms with Gasteiger partial charge in [-0.3, -0.25) is 5.43 Å². The molecule has 0 aliphatic heterocycles. The molecule has 2 rings (SSSR count). The van der Waals surface area contributed by atoms with Crippen LogP contribution in [0.5, 0.6) is 6.01 Å². The maximum absolute atomic E-state index is 5.34. The standard InChI is InChI=1S/C12H18N6OS/c1-4-19-12-16-10(15-11(17-12)18-13)14-8(3)9-6-5-7(2)20-9/h5-6,8H,4,13H2,1-3H3,(H2,14,15,16,17,18). The number of hydrogen-bond acceptors (Lipinski definition) is 8. The molecule has 0 aromatic carbocycles. The zero-order valence-corrected chi connectivity index (χ0v) is 12.5. The number of rotatable bonds is 6. The topological polar surface area (TPSA) is 98.0 Å². The third-order valence-electron chi connectivity index (χ3n) is 2.55. The van der Waals surface area contributed by atoms with Gasteiger partial charge in [-0.05, 0) is 32.9 Å². The number of nitrogen functional groups attached to an aromatic ring is 1. The number of hydrazine groups is 1. The molecule has 0 saturated carbocycles. The molecule has 2 aromatic rings. The van der Waals surface area contributed by atoms with Crippen molar-refractivity contribution < 1.29 is 4.74 Å². The van der Waals surface area contributed by atoms with Crippen molar-refractivity contribution in [3.63, 3.8) is 0 Å². The molecule has 0 fully saturated rings. The van der Waals surface area contributed by atoms with Crippen LogP contribution in [-0.4, -0.2) is 21.6 Å². The van der Waals surface area contributed by atoms with Crippen LogP contribution >= 0.6 is 11.3 Å². The zero-order chi connectivity index (χ0) is 14.5. The Kier molecular flexibility index (Phi) is 4.70. The van der Waals surface area contributed by atoms with Crippen LogP contribution in [0.1, 0.15) is 29.6 Å². The first-order valence-corrected chi connectivity index (χ1v) is 7.12. The Hall–Kier alpha value is -1.93. The SMILES string of the molecule is CCOc1nc(NN)nc(NC(C)c2ccc(C)s2)n1. The minimum Gasteiger partial charge on any atom is -0.464 e. The molecule has 108 valence electrons. The van der Waals surface area contributed by atoms with E-state index in [4.69, 9.17) is 10.6 Å².